The highest BCUT2D eigenvalue weighted by Gasteiger charge is 2.04. The molecule has 1 aromatic carbocycles. The lowest BCUT2D eigenvalue weighted by atomic mass is 10.1. The number of hydrogen-bond donors (Lipinski definition) is 0. The molecule has 0 fully saturated rings. The van der Waals surface area contributed by atoms with Crippen molar-refractivity contribution < 1.29 is 26.5 Å². The van der Waals surface area contributed by atoms with Gasteiger partial charge >= 0.3 is 0 Å². The summed E-state index contributed by atoms with van der Waals surface area (Å²) in [6, 6.07) is 11.0. The van der Waals surface area contributed by atoms with Crippen LogP contribution in [0.5, 0.6) is 5.75 Å². The first-order valence-corrected chi connectivity index (χ1v) is 6.65. The molecule has 1 aromatic heterocycles. The number of nitrogens with zero attached hydrogens (tertiary/aromatic N) is 2. The minimum Gasteiger partial charge on any atom is -1.00 e. The molecule has 1 heterocycles. The standard InChI is InChI=1S/C17H19N2O2.ClH/c1-18(2)15-8-11-19(12-9-15)13-10-17(20)14-4-6-16(21-3)7-5-14;/h4-13H,1-3H3;1H/q+1;/p-1/b13-10+;. The third-order valence-electron chi connectivity index (χ3n) is 3.12. The lowest BCUT2D eigenvalue weighted by molar-refractivity contribution is -0.568. The first-order valence-electron chi connectivity index (χ1n) is 6.65. The zero-order valence-electron chi connectivity index (χ0n) is 12.9. The Kier molecular flexibility index (Phi) is 6.60. The van der Waals surface area contributed by atoms with Crippen molar-refractivity contribution in [1.29, 1.82) is 0 Å². The summed E-state index contributed by atoms with van der Waals surface area (Å²) in [6.45, 7) is 0. The zero-order valence-corrected chi connectivity index (χ0v) is 13.6. The molecule has 0 unspecified atom stereocenters. The summed E-state index contributed by atoms with van der Waals surface area (Å²) < 4.78 is 6.91. The fraction of sp³-hybridized carbons (Fsp3) is 0.176. The smallest absolute Gasteiger partial charge is 0.191 e. The molecule has 0 radical (unpaired) electrons. The van der Waals surface area contributed by atoms with Crippen LogP contribution in [0.15, 0.2) is 54.9 Å². The van der Waals surface area contributed by atoms with Crippen LogP contribution in [0.25, 0.3) is 6.20 Å². The average molecular weight is 319 g/mol. The number of carbonyl (C=O) groups excluding carboxylic acids is 1. The van der Waals surface area contributed by atoms with Crippen LogP contribution in [-0.2, 0) is 0 Å². The SMILES string of the molecule is COc1ccc(C(=O)/C=C/[n+]2ccc(N(C)C)cc2)cc1.[Cl-]. The Morgan fingerprint density at radius 2 is 1.68 bits per heavy atom. The molecule has 0 aliphatic rings. The highest BCUT2D eigenvalue weighted by Crippen LogP contribution is 2.12. The zero-order chi connectivity index (χ0) is 15.2. The topological polar surface area (TPSA) is 33.4 Å². The monoisotopic (exact) mass is 318 g/mol. The summed E-state index contributed by atoms with van der Waals surface area (Å²) in [5.74, 6) is 0.700. The van der Waals surface area contributed by atoms with Crippen molar-refractivity contribution in [2.24, 2.45) is 0 Å². The first kappa shape index (κ1) is 17.7. The van der Waals surface area contributed by atoms with E-state index in [1.54, 1.807) is 43.7 Å². The number of allylic oxidation sites excluding steroid dienone is 1. The number of aromatic nitrogens is 1. The van der Waals surface area contributed by atoms with Crippen LogP contribution in [-0.4, -0.2) is 27.0 Å². The molecule has 22 heavy (non-hydrogen) atoms. The van der Waals surface area contributed by atoms with Crippen LogP contribution in [0.2, 0.25) is 0 Å². The van der Waals surface area contributed by atoms with Crippen molar-refractivity contribution in [3.8, 4) is 5.75 Å². The summed E-state index contributed by atoms with van der Waals surface area (Å²) in [7, 11) is 5.58. The lowest BCUT2D eigenvalue weighted by Crippen LogP contribution is -3.00. The van der Waals surface area contributed by atoms with E-state index in [4.69, 9.17) is 4.74 Å². The molecule has 2 rings (SSSR count). The molecule has 0 saturated carbocycles. The van der Waals surface area contributed by atoms with E-state index in [0.29, 0.717) is 5.56 Å². The first-order chi connectivity index (χ1) is 10.1. The largest absolute Gasteiger partial charge is 1.00 e. The highest BCUT2D eigenvalue weighted by atomic mass is 35.5. The van der Waals surface area contributed by atoms with Gasteiger partial charge in [-0.15, -0.1) is 0 Å². The van der Waals surface area contributed by atoms with E-state index in [9.17, 15) is 4.79 Å². The second kappa shape index (κ2) is 8.20. The number of hydrogen-bond acceptors (Lipinski definition) is 3. The average Bonchev–Trinajstić information content (AvgIpc) is 2.53. The molecule has 0 spiro atoms. The number of carbonyl (C=O) groups is 1. The van der Waals surface area contributed by atoms with Gasteiger partial charge in [-0.3, -0.25) is 4.79 Å². The Bertz CT molecular complexity index is 635. The van der Waals surface area contributed by atoms with E-state index < -0.39 is 0 Å². The van der Waals surface area contributed by atoms with Gasteiger partial charge in [-0.1, -0.05) is 0 Å². The van der Waals surface area contributed by atoms with E-state index in [1.807, 2.05) is 48.1 Å². The molecular formula is C17H19ClN2O2. The Balaban J connectivity index is 0.00000242. The molecule has 0 N–H and O–H groups in total. The number of anilines is 1. The quantitative estimate of drug-likeness (QED) is 0.420. The molecule has 0 atom stereocenters. The van der Waals surface area contributed by atoms with Crippen molar-refractivity contribution in [2.75, 3.05) is 26.1 Å². The minimum absolute atomic E-state index is 0. The third kappa shape index (κ3) is 4.60. The molecule has 116 valence electrons. The van der Waals surface area contributed by atoms with Crippen molar-refractivity contribution in [3.63, 3.8) is 0 Å². The molecule has 0 bridgehead atoms. The van der Waals surface area contributed by atoms with Gasteiger partial charge in [0.05, 0.1) is 13.2 Å². The van der Waals surface area contributed by atoms with E-state index in [2.05, 4.69) is 0 Å². The fourth-order valence-corrected chi connectivity index (χ4v) is 1.83. The summed E-state index contributed by atoms with van der Waals surface area (Å²) in [5, 5.41) is 0. The van der Waals surface area contributed by atoms with E-state index in [-0.39, 0.29) is 18.2 Å². The van der Waals surface area contributed by atoms with Gasteiger partial charge in [-0.25, -0.2) is 0 Å². The molecular weight excluding hydrogens is 300 g/mol. The van der Waals surface area contributed by atoms with Gasteiger partial charge in [0.1, 0.15) is 5.75 Å². The summed E-state index contributed by atoms with van der Waals surface area (Å²) in [5.41, 5.74) is 1.75. The second-order valence-electron chi connectivity index (χ2n) is 4.81. The lowest BCUT2D eigenvalue weighted by Gasteiger charge is -2.09. The van der Waals surface area contributed by atoms with Crippen LogP contribution in [0, 0.1) is 0 Å². The molecule has 0 amide bonds. The predicted molar refractivity (Wildman–Crippen MR) is 83.6 cm³/mol. The molecule has 5 heteroatoms. The number of pyridine rings is 1. The second-order valence-corrected chi connectivity index (χ2v) is 4.81. The molecule has 4 nitrogen and oxygen atoms in total. The fourth-order valence-electron chi connectivity index (χ4n) is 1.83. The highest BCUT2D eigenvalue weighted by molar-refractivity contribution is 6.05. The summed E-state index contributed by atoms with van der Waals surface area (Å²) in [4.78, 5) is 14.1. The number of ether oxygens (including phenoxy) is 1. The number of rotatable bonds is 5. The molecule has 0 aliphatic heterocycles. The van der Waals surface area contributed by atoms with E-state index in [1.165, 1.54) is 0 Å². The van der Waals surface area contributed by atoms with Crippen LogP contribution < -0.4 is 26.6 Å². The predicted octanol–water partition coefficient (Wildman–Crippen LogP) is -0.594. The number of methoxy groups -OCH3 is 1. The van der Waals surface area contributed by atoms with Crippen LogP contribution in [0.1, 0.15) is 10.4 Å². The van der Waals surface area contributed by atoms with Crippen molar-refractivity contribution >= 4 is 17.7 Å². The van der Waals surface area contributed by atoms with Gasteiger partial charge < -0.3 is 22.0 Å². The minimum atomic E-state index is -0.0400. The van der Waals surface area contributed by atoms with E-state index in [0.717, 1.165) is 11.4 Å². The maximum atomic E-state index is 12.0. The Hall–Kier alpha value is -2.33. The molecule has 0 aliphatic carbocycles. The van der Waals surface area contributed by atoms with Gasteiger partial charge in [0.2, 0.25) is 0 Å². The third-order valence-corrected chi connectivity index (χ3v) is 3.12. The van der Waals surface area contributed by atoms with Gasteiger partial charge in [0.15, 0.2) is 24.4 Å². The van der Waals surface area contributed by atoms with Gasteiger partial charge in [-0.2, -0.15) is 4.57 Å². The Morgan fingerprint density at radius 3 is 2.18 bits per heavy atom. The van der Waals surface area contributed by atoms with Crippen molar-refractivity contribution in [2.45, 2.75) is 0 Å². The van der Waals surface area contributed by atoms with Crippen LogP contribution in [0.4, 0.5) is 5.69 Å². The van der Waals surface area contributed by atoms with Crippen molar-refractivity contribution in [3.05, 3.63) is 60.4 Å². The number of halogens is 1. The molecule has 0 saturated heterocycles. The number of benzene rings is 1. The maximum Gasteiger partial charge on any atom is 0.191 e. The van der Waals surface area contributed by atoms with Gasteiger partial charge in [0, 0.05) is 37.5 Å². The van der Waals surface area contributed by atoms with Crippen molar-refractivity contribution in [1.82, 2.24) is 0 Å². The Labute approximate surface area is 137 Å². The Morgan fingerprint density at radius 1 is 1.09 bits per heavy atom. The maximum absolute atomic E-state index is 12.0. The van der Waals surface area contributed by atoms with Gasteiger partial charge in [0.25, 0.3) is 0 Å². The van der Waals surface area contributed by atoms with E-state index >= 15 is 0 Å². The summed E-state index contributed by atoms with van der Waals surface area (Å²) >= 11 is 0. The normalized spacial score (nSPS) is 10.1. The summed E-state index contributed by atoms with van der Waals surface area (Å²) in [6.07, 6.45) is 7.11. The number of ketones is 1. The van der Waals surface area contributed by atoms with Gasteiger partial charge in [-0.05, 0) is 24.3 Å². The van der Waals surface area contributed by atoms with Crippen LogP contribution in [0.3, 0.4) is 0 Å². The molecule has 2 aromatic rings. The van der Waals surface area contributed by atoms with Crippen LogP contribution >= 0.6 is 0 Å².